The Labute approximate surface area is 151 Å². The molecule has 1 aliphatic heterocycles. The normalized spacial score (nSPS) is 18.3. The number of aromatic nitrogens is 1. The van der Waals surface area contributed by atoms with Crippen LogP contribution >= 0.6 is 11.6 Å². The van der Waals surface area contributed by atoms with Gasteiger partial charge in [-0.15, -0.1) is 0 Å². The number of ether oxygens (including phenoxy) is 1. The second-order valence-corrected chi connectivity index (χ2v) is 6.97. The molecule has 3 rings (SSSR count). The van der Waals surface area contributed by atoms with Crippen LogP contribution in [0.4, 0.5) is 5.69 Å². The van der Waals surface area contributed by atoms with Crippen molar-refractivity contribution in [1.82, 2.24) is 9.88 Å². The predicted octanol–water partition coefficient (Wildman–Crippen LogP) is 3.28. The van der Waals surface area contributed by atoms with Gasteiger partial charge in [0.25, 0.3) is 0 Å². The fourth-order valence-electron chi connectivity index (χ4n) is 3.40. The first-order chi connectivity index (χ1) is 12.0. The van der Waals surface area contributed by atoms with E-state index in [0.717, 1.165) is 19.5 Å². The summed E-state index contributed by atoms with van der Waals surface area (Å²) in [6, 6.07) is 5.30. The molecule has 2 aromatic rings. The van der Waals surface area contributed by atoms with E-state index in [0.29, 0.717) is 34.1 Å². The third kappa shape index (κ3) is 3.80. The van der Waals surface area contributed by atoms with Crippen molar-refractivity contribution in [2.45, 2.75) is 19.8 Å². The van der Waals surface area contributed by atoms with Crippen molar-refractivity contribution in [2.75, 3.05) is 32.1 Å². The van der Waals surface area contributed by atoms with Crippen LogP contribution < -0.4 is 5.32 Å². The molecule has 1 saturated heterocycles. The van der Waals surface area contributed by atoms with Crippen LogP contribution in [-0.4, -0.2) is 48.5 Å². The molecule has 1 aliphatic rings. The first kappa shape index (κ1) is 17.8. The Morgan fingerprint density at radius 1 is 1.44 bits per heavy atom. The highest BCUT2D eigenvalue weighted by molar-refractivity contribution is 6.37. The van der Waals surface area contributed by atoms with Gasteiger partial charge in [-0.3, -0.25) is 9.69 Å². The second-order valence-electron chi connectivity index (χ2n) is 6.56. The van der Waals surface area contributed by atoms with Gasteiger partial charge in [-0.1, -0.05) is 24.6 Å². The van der Waals surface area contributed by atoms with E-state index < -0.39 is 5.97 Å². The highest BCUT2D eigenvalue weighted by atomic mass is 35.5. The lowest BCUT2D eigenvalue weighted by molar-refractivity contribution is -0.117. The molecular weight excluding hydrogens is 342 g/mol. The summed E-state index contributed by atoms with van der Waals surface area (Å²) in [6.07, 6.45) is 2.30. The number of aromatic amines is 1. The smallest absolute Gasteiger partial charge is 0.356 e. The Morgan fingerprint density at radius 3 is 2.96 bits per heavy atom. The number of H-pyrrole nitrogens is 1. The molecule has 6 nitrogen and oxygen atoms in total. The zero-order valence-electron chi connectivity index (χ0n) is 14.4. The first-order valence-electron chi connectivity index (χ1n) is 8.40. The number of fused-ring (bicyclic) bond motifs is 1. The molecule has 134 valence electrons. The number of halogens is 1. The Morgan fingerprint density at radius 2 is 2.24 bits per heavy atom. The van der Waals surface area contributed by atoms with Crippen LogP contribution in [-0.2, 0) is 9.53 Å². The average Bonchev–Trinajstić information content (AvgIpc) is 2.94. The SMILES string of the molecule is COC(=O)c1[nH]c2cccc(Cl)c2c1NC(=O)CN1CCC[C@H](C)C1. The summed E-state index contributed by atoms with van der Waals surface area (Å²) < 4.78 is 4.82. The minimum atomic E-state index is -0.547. The third-order valence-electron chi connectivity index (χ3n) is 4.54. The van der Waals surface area contributed by atoms with E-state index >= 15 is 0 Å². The lowest BCUT2D eigenvalue weighted by Gasteiger charge is -2.30. The monoisotopic (exact) mass is 363 g/mol. The van der Waals surface area contributed by atoms with E-state index in [9.17, 15) is 9.59 Å². The molecule has 0 saturated carbocycles. The maximum Gasteiger partial charge on any atom is 0.356 e. The van der Waals surface area contributed by atoms with Gasteiger partial charge in [0.15, 0.2) is 0 Å². The number of hydrogen-bond donors (Lipinski definition) is 2. The van der Waals surface area contributed by atoms with Crippen molar-refractivity contribution in [3.63, 3.8) is 0 Å². The van der Waals surface area contributed by atoms with Crippen molar-refractivity contribution >= 4 is 40.1 Å². The molecule has 0 unspecified atom stereocenters. The van der Waals surface area contributed by atoms with Crippen LogP contribution in [0, 0.1) is 5.92 Å². The predicted molar refractivity (Wildman–Crippen MR) is 98.1 cm³/mol. The number of carbonyl (C=O) groups is 2. The summed E-state index contributed by atoms with van der Waals surface area (Å²) in [7, 11) is 1.30. The molecule has 0 aliphatic carbocycles. The molecule has 1 aromatic heterocycles. The molecule has 0 spiro atoms. The van der Waals surface area contributed by atoms with Gasteiger partial charge in [-0.05, 0) is 37.4 Å². The van der Waals surface area contributed by atoms with Crippen molar-refractivity contribution in [3.05, 3.63) is 28.9 Å². The van der Waals surface area contributed by atoms with Crippen LogP contribution in [0.3, 0.4) is 0 Å². The number of nitrogens with zero attached hydrogens (tertiary/aromatic N) is 1. The molecule has 1 atom stereocenters. The summed E-state index contributed by atoms with van der Waals surface area (Å²) >= 11 is 6.28. The first-order valence-corrected chi connectivity index (χ1v) is 8.78. The third-order valence-corrected chi connectivity index (χ3v) is 4.85. The highest BCUT2D eigenvalue weighted by Gasteiger charge is 2.24. The number of methoxy groups -OCH3 is 1. The fourth-order valence-corrected chi connectivity index (χ4v) is 3.67. The van der Waals surface area contributed by atoms with Crippen molar-refractivity contribution < 1.29 is 14.3 Å². The molecule has 1 amide bonds. The zero-order valence-corrected chi connectivity index (χ0v) is 15.2. The average molecular weight is 364 g/mol. The summed E-state index contributed by atoms with van der Waals surface area (Å²) in [5.41, 5.74) is 1.25. The van der Waals surface area contributed by atoms with Gasteiger partial charge >= 0.3 is 5.97 Å². The molecule has 7 heteroatoms. The quantitative estimate of drug-likeness (QED) is 0.817. The molecule has 25 heavy (non-hydrogen) atoms. The number of benzene rings is 1. The number of piperidine rings is 1. The maximum atomic E-state index is 12.5. The Kier molecular flexibility index (Phi) is 5.30. The van der Waals surface area contributed by atoms with Gasteiger partial charge in [-0.25, -0.2) is 4.79 Å². The Hall–Kier alpha value is -2.05. The number of hydrogen-bond acceptors (Lipinski definition) is 4. The van der Waals surface area contributed by atoms with Crippen molar-refractivity contribution in [3.8, 4) is 0 Å². The fraction of sp³-hybridized carbons (Fsp3) is 0.444. The van der Waals surface area contributed by atoms with Gasteiger partial charge in [0, 0.05) is 17.4 Å². The molecule has 1 fully saturated rings. The van der Waals surface area contributed by atoms with E-state index in [1.165, 1.54) is 13.5 Å². The summed E-state index contributed by atoms with van der Waals surface area (Å²) in [5.74, 6) is -0.121. The molecule has 0 radical (unpaired) electrons. The van der Waals surface area contributed by atoms with Crippen molar-refractivity contribution in [1.29, 1.82) is 0 Å². The van der Waals surface area contributed by atoms with Gasteiger partial charge in [0.05, 0.1) is 24.4 Å². The second kappa shape index (κ2) is 7.45. The molecule has 2 heterocycles. The van der Waals surface area contributed by atoms with Gasteiger partial charge < -0.3 is 15.0 Å². The minimum absolute atomic E-state index is 0.167. The molecule has 0 bridgehead atoms. The van der Waals surface area contributed by atoms with Crippen LogP contribution in [0.5, 0.6) is 0 Å². The van der Waals surface area contributed by atoms with Crippen LogP contribution in [0.25, 0.3) is 10.9 Å². The largest absolute Gasteiger partial charge is 0.464 e. The van der Waals surface area contributed by atoms with E-state index in [2.05, 4.69) is 22.1 Å². The topological polar surface area (TPSA) is 74.4 Å². The van der Waals surface area contributed by atoms with Crippen LogP contribution in [0.15, 0.2) is 18.2 Å². The summed E-state index contributed by atoms with van der Waals surface area (Å²) in [5, 5.41) is 3.93. The van der Waals surface area contributed by atoms with E-state index in [1.54, 1.807) is 18.2 Å². The number of nitrogens with one attached hydrogen (secondary N) is 2. The number of carbonyl (C=O) groups excluding carboxylic acids is 2. The summed E-state index contributed by atoms with van der Waals surface area (Å²) in [4.78, 5) is 29.7. The number of esters is 1. The van der Waals surface area contributed by atoms with E-state index in [-0.39, 0.29) is 11.6 Å². The lowest BCUT2D eigenvalue weighted by atomic mass is 10.0. The van der Waals surface area contributed by atoms with E-state index in [1.807, 2.05) is 0 Å². The zero-order chi connectivity index (χ0) is 18.0. The van der Waals surface area contributed by atoms with Gasteiger partial charge in [0.1, 0.15) is 5.69 Å². The molecule has 2 N–H and O–H groups in total. The lowest BCUT2D eigenvalue weighted by Crippen LogP contribution is -2.39. The van der Waals surface area contributed by atoms with Gasteiger partial charge in [-0.2, -0.15) is 0 Å². The number of amides is 1. The van der Waals surface area contributed by atoms with Crippen LogP contribution in [0.2, 0.25) is 5.02 Å². The Balaban J connectivity index is 1.86. The molecule has 1 aromatic carbocycles. The number of anilines is 1. The highest BCUT2D eigenvalue weighted by Crippen LogP contribution is 2.34. The summed E-state index contributed by atoms with van der Waals surface area (Å²) in [6.45, 7) is 4.31. The minimum Gasteiger partial charge on any atom is -0.464 e. The molecular formula is C18H22ClN3O3. The van der Waals surface area contributed by atoms with E-state index in [4.69, 9.17) is 16.3 Å². The number of rotatable bonds is 4. The standard InChI is InChI=1S/C18H22ClN3O3/c1-11-5-4-8-22(9-11)10-14(23)21-16-15-12(19)6-3-7-13(15)20-17(16)18(24)25-2/h3,6-7,11,20H,4-5,8-10H2,1-2H3,(H,21,23)/t11-/m0/s1. The van der Waals surface area contributed by atoms with Crippen LogP contribution in [0.1, 0.15) is 30.3 Å². The van der Waals surface area contributed by atoms with Crippen molar-refractivity contribution in [2.24, 2.45) is 5.92 Å². The number of likely N-dealkylation sites (tertiary alicyclic amines) is 1. The Bertz CT molecular complexity index is 802. The van der Waals surface area contributed by atoms with Gasteiger partial charge in [0.2, 0.25) is 5.91 Å². The maximum absolute atomic E-state index is 12.5.